The predicted octanol–water partition coefficient (Wildman–Crippen LogP) is 3.21. The smallest absolute Gasteiger partial charge is 0.0769 e. The van der Waals surface area contributed by atoms with E-state index in [9.17, 15) is 0 Å². The summed E-state index contributed by atoms with van der Waals surface area (Å²) in [6, 6.07) is 11.2. The van der Waals surface area contributed by atoms with Crippen molar-refractivity contribution in [2.45, 2.75) is 45.2 Å². The lowest BCUT2D eigenvalue weighted by molar-refractivity contribution is 0.562. The van der Waals surface area contributed by atoms with E-state index in [1.807, 2.05) is 12.1 Å². The van der Waals surface area contributed by atoms with Gasteiger partial charge < -0.3 is 5.32 Å². The Hall–Kier alpha value is -1.74. The van der Waals surface area contributed by atoms with E-state index in [2.05, 4.69) is 40.6 Å². The standard InChI is InChI=1S/C17H21N3/c1-13(18-12-17-7-4-10-19-20-17)15-9-8-14-5-2-3-6-16(14)11-15/h4,7-11,13,18H,2-3,5-6,12H2,1H3. The summed E-state index contributed by atoms with van der Waals surface area (Å²) in [5.74, 6) is 0. The number of benzene rings is 1. The lowest BCUT2D eigenvalue weighted by Crippen LogP contribution is -2.19. The second kappa shape index (κ2) is 6.14. The summed E-state index contributed by atoms with van der Waals surface area (Å²) in [4.78, 5) is 0. The van der Waals surface area contributed by atoms with Gasteiger partial charge in [0.1, 0.15) is 0 Å². The van der Waals surface area contributed by atoms with E-state index in [-0.39, 0.29) is 0 Å². The Labute approximate surface area is 120 Å². The van der Waals surface area contributed by atoms with Gasteiger partial charge in [0, 0.05) is 18.8 Å². The number of aromatic nitrogens is 2. The lowest BCUT2D eigenvalue weighted by Gasteiger charge is -2.20. The van der Waals surface area contributed by atoms with Gasteiger partial charge in [-0.3, -0.25) is 0 Å². The maximum atomic E-state index is 4.10. The fourth-order valence-electron chi connectivity index (χ4n) is 2.83. The van der Waals surface area contributed by atoms with Gasteiger partial charge in [0.25, 0.3) is 0 Å². The van der Waals surface area contributed by atoms with Crippen LogP contribution in [-0.2, 0) is 19.4 Å². The third-order valence-corrected chi connectivity index (χ3v) is 4.09. The molecule has 3 heteroatoms. The van der Waals surface area contributed by atoms with Crippen LogP contribution >= 0.6 is 0 Å². The molecule has 3 rings (SSSR count). The quantitative estimate of drug-likeness (QED) is 0.924. The highest BCUT2D eigenvalue weighted by Crippen LogP contribution is 2.24. The number of hydrogen-bond acceptors (Lipinski definition) is 3. The minimum atomic E-state index is 0.337. The summed E-state index contributed by atoms with van der Waals surface area (Å²) < 4.78 is 0. The third kappa shape index (κ3) is 3.05. The van der Waals surface area contributed by atoms with Crippen molar-refractivity contribution < 1.29 is 0 Å². The fraction of sp³-hybridized carbons (Fsp3) is 0.412. The normalized spacial score (nSPS) is 15.7. The van der Waals surface area contributed by atoms with Crippen LogP contribution in [0.15, 0.2) is 36.5 Å². The van der Waals surface area contributed by atoms with E-state index < -0.39 is 0 Å². The highest BCUT2D eigenvalue weighted by atomic mass is 15.1. The SMILES string of the molecule is CC(NCc1cccnn1)c1ccc2c(c1)CCCC2. The summed E-state index contributed by atoms with van der Waals surface area (Å²) in [5, 5.41) is 11.5. The summed E-state index contributed by atoms with van der Waals surface area (Å²) in [7, 11) is 0. The highest BCUT2D eigenvalue weighted by Gasteiger charge is 2.12. The van der Waals surface area contributed by atoms with Crippen LogP contribution < -0.4 is 5.32 Å². The van der Waals surface area contributed by atoms with Crippen molar-refractivity contribution in [3.05, 3.63) is 58.9 Å². The molecule has 0 amide bonds. The predicted molar refractivity (Wildman–Crippen MR) is 80.4 cm³/mol. The van der Waals surface area contributed by atoms with Gasteiger partial charge in [-0.1, -0.05) is 18.2 Å². The van der Waals surface area contributed by atoms with Crippen LogP contribution in [0.1, 0.15) is 48.2 Å². The van der Waals surface area contributed by atoms with E-state index in [0.29, 0.717) is 6.04 Å². The molecular formula is C17H21N3. The van der Waals surface area contributed by atoms with Crippen LogP contribution in [0.25, 0.3) is 0 Å². The Morgan fingerprint density at radius 1 is 1.15 bits per heavy atom. The minimum absolute atomic E-state index is 0.337. The fourth-order valence-corrected chi connectivity index (χ4v) is 2.83. The number of fused-ring (bicyclic) bond motifs is 1. The van der Waals surface area contributed by atoms with Gasteiger partial charge in [0.2, 0.25) is 0 Å². The van der Waals surface area contributed by atoms with Crippen LogP contribution in [-0.4, -0.2) is 10.2 Å². The Morgan fingerprint density at radius 2 is 2.00 bits per heavy atom. The van der Waals surface area contributed by atoms with E-state index in [4.69, 9.17) is 0 Å². The minimum Gasteiger partial charge on any atom is -0.304 e. The maximum Gasteiger partial charge on any atom is 0.0769 e. The van der Waals surface area contributed by atoms with Crippen LogP contribution in [0, 0.1) is 0 Å². The molecule has 0 saturated heterocycles. The zero-order valence-corrected chi connectivity index (χ0v) is 12.0. The molecule has 0 fully saturated rings. The third-order valence-electron chi connectivity index (χ3n) is 4.09. The molecule has 3 nitrogen and oxygen atoms in total. The average molecular weight is 267 g/mol. The molecule has 0 aliphatic heterocycles. The molecule has 0 saturated carbocycles. The number of aryl methyl sites for hydroxylation is 2. The first-order valence-corrected chi connectivity index (χ1v) is 7.44. The molecular weight excluding hydrogens is 246 g/mol. The van der Waals surface area contributed by atoms with Gasteiger partial charge in [0.15, 0.2) is 0 Å². The molecule has 1 unspecified atom stereocenters. The van der Waals surface area contributed by atoms with Crippen molar-refractivity contribution in [3.63, 3.8) is 0 Å². The van der Waals surface area contributed by atoms with Crippen molar-refractivity contribution in [1.82, 2.24) is 15.5 Å². The molecule has 1 aliphatic carbocycles. The topological polar surface area (TPSA) is 37.8 Å². The monoisotopic (exact) mass is 267 g/mol. The molecule has 1 heterocycles. The van der Waals surface area contributed by atoms with Gasteiger partial charge in [-0.25, -0.2) is 0 Å². The van der Waals surface area contributed by atoms with Crippen molar-refractivity contribution in [1.29, 1.82) is 0 Å². The molecule has 0 radical (unpaired) electrons. The molecule has 1 N–H and O–H groups in total. The molecule has 104 valence electrons. The number of nitrogens with one attached hydrogen (secondary N) is 1. The average Bonchev–Trinajstić information content (AvgIpc) is 2.53. The van der Waals surface area contributed by atoms with E-state index in [1.165, 1.54) is 31.2 Å². The maximum absolute atomic E-state index is 4.10. The summed E-state index contributed by atoms with van der Waals surface area (Å²) in [5.41, 5.74) is 5.44. The molecule has 2 aromatic rings. The Kier molecular flexibility index (Phi) is 4.07. The molecule has 0 bridgehead atoms. The van der Waals surface area contributed by atoms with Crippen LogP contribution in [0.5, 0.6) is 0 Å². The zero-order valence-electron chi connectivity index (χ0n) is 12.0. The number of nitrogens with zero attached hydrogens (tertiary/aromatic N) is 2. The van der Waals surface area contributed by atoms with E-state index >= 15 is 0 Å². The Morgan fingerprint density at radius 3 is 2.80 bits per heavy atom. The largest absolute Gasteiger partial charge is 0.304 e. The second-order valence-electron chi connectivity index (χ2n) is 5.55. The molecule has 1 atom stereocenters. The van der Waals surface area contributed by atoms with Crippen LogP contribution in [0.2, 0.25) is 0 Å². The van der Waals surface area contributed by atoms with Crippen molar-refractivity contribution >= 4 is 0 Å². The second-order valence-corrected chi connectivity index (χ2v) is 5.55. The first-order chi connectivity index (χ1) is 9.83. The zero-order chi connectivity index (χ0) is 13.8. The molecule has 0 spiro atoms. The van der Waals surface area contributed by atoms with Crippen molar-refractivity contribution in [3.8, 4) is 0 Å². The van der Waals surface area contributed by atoms with Gasteiger partial charge in [-0.05, 0) is 61.4 Å². The van der Waals surface area contributed by atoms with Crippen molar-refractivity contribution in [2.24, 2.45) is 0 Å². The van der Waals surface area contributed by atoms with Crippen LogP contribution in [0.3, 0.4) is 0 Å². The van der Waals surface area contributed by atoms with Crippen LogP contribution in [0.4, 0.5) is 0 Å². The summed E-state index contributed by atoms with van der Waals surface area (Å²) >= 11 is 0. The summed E-state index contributed by atoms with van der Waals surface area (Å²) in [6.45, 7) is 2.97. The van der Waals surface area contributed by atoms with E-state index in [0.717, 1.165) is 12.2 Å². The Bertz CT molecular complexity index is 566. The molecule has 20 heavy (non-hydrogen) atoms. The van der Waals surface area contributed by atoms with Gasteiger partial charge >= 0.3 is 0 Å². The number of rotatable bonds is 4. The van der Waals surface area contributed by atoms with E-state index in [1.54, 1.807) is 17.3 Å². The van der Waals surface area contributed by atoms with Gasteiger partial charge in [-0.15, -0.1) is 0 Å². The summed E-state index contributed by atoms with van der Waals surface area (Å²) in [6.07, 6.45) is 6.86. The van der Waals surface area contributed by atoms with Crippen molar-refractivity contribution in [2.75, 3.05) is 0 Å². The first-order valence-electron chi connectivity index (χ1n) is 7.44. The van der Waals surface area contributed by atoms with Gasteiger partial charge in [0.05, 0.1) is 5.69 Å². The van der Waals surface area contributed by atoms with Gasteiger partial charge in [-0.2, -0.15) is 10.2 Å². The molecule has 1 aromatic carbocycles. The Balaban J connectivity index is 1.66. The molecule has 1 aliphatic rings. The number of hydrogen-bond donors (Lipinski definition) is 1. The molecule has 1 aromatic heterocycles. The first kappa shape index (κ1) is 13.3. The highest BCUT2D eigenvalue weighted by molar-refractivity contribution is 5.35. The lowest BCUT2D eigenvalue weighted by atomic mass is 9.89.